The summed E-state index contributed by atoms with van der Waals surface area (Å²) in [5.74, 6) is -0.941. The van der Waals surface area contributed by atoms with Gasteiger partial charge in [-0.3, -0.25) is 19.7 Å². The SMILES string of the molecule is O=C(COc1ccc2cc(/C=C3/SC(=O)NC3=O)ccc2c1)Nc1ccc(Br)cc1F. The number of carbonyl (C=O) groups excluding carboxylic acids is 3. The first-order valence-corrected chi connectivity index (χ1v) is 10.6. The Hall–Kier alpha value is -3.17. The van der Waals surface area contributed by atoms with Crippen molar-refractivity contribution in [2.75, 3.05) is 11.9 Å². The molecule has 0 unspecified atom stereocenters. The zero-order valence-corrected chi connectivity index (χ0v) is 18.2. The molecule has 0 aromatic heterocycles. The molecule has 1 saturated heterocycles. The molecule has 3 aromatic rings. The zero-order valence-electron chi connectivity index (χ0n) is 15.8. The van der Waals surface area contributed by atoms with Gasteiger partial charge in [-0.2, -0.15) is 0 Å². The Labute approximate surface area is 189 Å². The predicted molar refractivity (Wildman–Crippen MR) is 121 cm³/mol. The summed E-state index contributed by atoms with van der Waals surface area (Å²) in [6.45, 7) is -0.272. The molecule has 4 rings (SSSR count). The number of nitrogens with one attached hydrogen (secondary N) is 2. The fourth-order valence-corrected chi connectivity index (χ4v) is 3.94. The number of amides is 3. The van der Waals surface area contributed by atoms with Crippen LogP contribution in [0.1, 0.15) is 5.56 Å². The second kappa shape index (κ2) is 8.91. The minimum Gasteiger partial charge on any atom is -0.484 e. The van der Waals surface area contributed by atoms with E-state index in [1.165, 1.54) is 12.1 Å². The van der Waals surface area contributed by atoms with Crippen LogP contribution >= 0.6 is 27.7 Å². The first kappa shape index (κ1) is 21.1. The number of halogens is 2. The highest BCUT2D eigenvalue weighted by atomic mass is 79.9. The van der Waals surface area contributed by atoms with Gasteiger partial charge in [-0.15, -0.1) is 0 Å². The summed E-state index contributed by atoms with van der Waals surface area (Å²) in [7, 11) is 0. The smallest absolute Gasteiger partial charge is 0.290 e. The van der Waals surface area contributed by atoms with Crippen LogP contribution in [-0.2, 0) is 9.59 Å². The highest BCUT2D eigenvalue weighted by Gasteiger charge is 2.24. The lowest BCUT2D eigenvalue weighted by Crippen LogP contribution is -2.20. The molecule has 2 N–H and O–H groups in total. The van der Waals surface area contributed by atoms with Gasteiger partial charge >= 0.3 is 0 Å². The summed E-state index contributed by atoms with van der Waals surface area (Å²) in [6.07, 6.45) is 1.65. The first-order chi connectivity index (χ1) is 14.9. The molecule has 0 atom stereocenters. The molecule has 0 aliphatic carbocycles. The van der Waals surface area contributed by atoms with Crippen LogP contribution in [0.3, 0.4) is 0 Å². The number of rotatable bonds is 5. The number of carbonyl (C=O) groups is 3. The lowest BCUT2D eigenvalue weighted by molar-refractivity contribution is -0.118. The summed E-state index contributed by atoms with van der Waals surface area (Å²) in [5, 5.41) is 6.08. The number of ether oxygens (including phenoxy) is 1. The van der Waals surface area contributed by atoms with Crippen LogP contribution in [-0.4, -0.2) is 23.7 Å². The molecule has 1 heterocycles. The van der Waals surface area contributed by atoms with Gasteiger partial charge in [0.15, 0.2) is 6.61 Å². The number of fused-ring (bicyclic) bond motifs is 1. The van der Waals surface area contributed by atoms with Crippen molar-refractivity contribution in [1.82, 2.24) is 5.32 Å². The molecule has 31 heavy (non-hydrogen) atoms. The van der Waals surface area contributed by atoms with Crippen LogP contribution in [0, 0.1) is 5.82 Å². The number of hydrogen-bond acceptors (Lipinski definition) is 5. The fraction of sp³-hybridized carbons (Fsp3) is 0.0455. The van der Waals surface area contributed by atoms with Crippen LogP contribution in [0.25, 0.3) is 16.8 Å². The van der Waals surface area contributed by atoms with E-state index >= 15 is 0 Å². The maximum Gasteiger partial charge on any atom is 0.290 e. The van der Waals surface area contributed by atoms with Crippen molar-refractivity contribution in [3.05, 3.63) is 75.4 Å². The Bertz CT molecular complexity index is 1260. The number of imide groups is 1. The van der Waals surface area contributed by atoms with Crippen molar-refractivity contribution in [2.24, 2.45) is 0 Å². The summed E-state index contributed by atoms with van der Waals surface area (Å²) >= 11 is 4.03. The molecule has 0 saturated carbocycles. The topological polar surface area (TPSA) is 84.5 Å². The monoisotopic (exact) mass is 500 g/mol. The number of anilines is 1. The highest BCUT2D eigenvalue weighted by Crippen LogP contribution is 2.28. The van der Waals surface area contributed by atoms with E-state index in [1.807, 2.05) is 24.3 Å². The lowest BCUT2D eigenvalue weighted by Gasteiger charge is -2.09. The summed E-state index contributed by atoms with van der Waals surface area (Å²) < 4.78 is 19.9. The number of hydrogen-bond donors (Lipinski definition) is 2. The molecule has 1 fully saturated rings. The van der Waals surface area contributed by atoms with Crippen molar-refractivity contribution in [3.63, 3.8) is 0 Å². The molecule has 1 aliphatic rings. The fourth-order valence-electron chi connectivity index (χ4n) is 2.92. The van der Waals surface area contributed by atoms with Crippen LogP contribution in [0.4, 0.5) is 14.9 Å². The minimum atomic E-state index is -0.544. The van der Waals surface area contributed by atoms with Gasteiger partial charge in [-0.25, -0.2) is 4.39 Å². The van der Waals surface area contributed by atoms with Gasteiger partial charge in [0, 0.05) is 4.47 Å². The van der Waals surface area contributed by atoms with E-state index in [4.69, 9.17) is 4.74 Å². The molecule has 156 valence electrons. The van der Waals surface area contributed by atoms with E-state index in [2.05, 4.69) is 26.6 Å². The lowest BCUT2D eigenvalue weighted by atomic mass is 10.1. The molecule has 3 amide bonds. The second-order valence-corrected chi connectivity index (χ2v) is 8.51. The van der Waals surface area contributed by atoms with Gasteiger partial charge in [0.05, 0.1) is 10.6 Å². The second-order valence-electron chi connectivity index (χ2n) is 6.58. The Balaban J connectivity index is 1.42. The zero-order chi connectivity index (χ0) is 22.0. The Kier molecular flexibility index (Phi) is 6.06. The number of thioether (sulfide) groups is 1. The summed E-state index contributed by atoms with van der Waals surface area (Å²) in [4.78, 5) is 35.4. The molecule has 9 heteroatoms. The van der Waals surface area contributed by atoms with E-state index in [1.54, 1.807) is 24.3 Å². The Morgan fingerprint density at radius 3 is 2.61 bits per heavy atom. The van der Waals surface area contributed by atoms with Crippen LogP contribution in [0.5, 0.6) is 5.75 Å². The van der Waals surface area contributed by atoms with Gasteiger partial charge in [-0.05, 0) is 70.6 Å². The molecule has 0 spiro atoms. The molecule has 3 aromatic carbocycles. The molecule has 0 radical (unpaired) electrons. The quantitative estimate of drug-likeness (QED) is 0.477. The number of benzene rings is 3. The summed E-state index contributed by atoms with van der Waals surface area (Å²) in [5.41, 5.74) is 0.859. The van der Waals surface area contributed by atoms with Gasteiger partial charge in [0.1, 0.15) is 11.6 Å². The molecular formula is C22H14BrFN2O4S. The third-order valence-corrected chi connectivity index (χ3v) is 5.65. The van der Waals surface area contributed by atoms with Crippen molar-refractivity contribution in [2.45, 2.75) is 0 Å². The van der Waals surface area contributed by atoms with Crippen molar-refractivity contribution in [3.8, 4) is 5.75 Å². The molecule has 0 bridgehead atoms. The summed E-state index contributed by atoms with van der Waals surface area (Å²) in [6, 6.07) is 15.2. The van der Waals surface area contributed by atoms with E-state index < -0.39 is 17.6 Å². The molecular weight excluding hydrogens is 487 g/mol. The van der Waals surface area contributed by atoms with Gasteiger partial charge in [-0.1, -0.05) is 34.1 Å². The third kappa shape index (κ3) is 5.12. The van der Waals surface area contributed by atoms with E-state index in [0.717, 1.165) is 28.1 Å². The molecule has 6 nitrogen and oxygen atoms in total. The van der Waals surface area contributed by atoms with Gasteiger partial charge in [0.2, 0.25) is 0 Å². The van der Waals surface area contributed by atoms with E-state index in [-0.39, 0.29) is 17.5 Å². The molecule has 1 aliphatic heterocycles. The van der Waals surface area contributed by atoms with E-state index in [9.17, 15) is 18.8 Å². The van der Waals surface area contributed by atoms with Crippen LogP contribution in [0.15, 0.2) is 64.0 Å². The first-order valence-electron chi connectivity index (χ1n) is 9.04. The normalized spacial score (nSPS) is 14.7. The minimum absolute atomic E-state index is 0.0766. The maximum atomic E-state index is 13.8. The Morgan fingerprint density at radius 1 is 1.10 bits per heavy atom. The van der Waals surface area contributed by atoms with Gasteiger partial charge < -0.3 is 10.1 Å². The third-order valence-electron chi connectivity index (χ3n) is 4.35. The standard InChI is InChI=1S/C22H14BrFN2O4S/c23-15-4-6-18(17(24)10-15)25-20(27)11-30-16-5-3-13-7-12(1-2-14(13)9-16)8-19-21(28)26-22(29)31-19/h1-10H,11H2,(H,25,27)(H,26,28,29)/b19-8+. The van der Waals surface area contributed by atoms with Crippen molar-refractivity contribution >= 4 is 67.3 Å². The van der Waals surface area contributed by atoms with Crippen molar-refractivity contribution in [1.29, 1.82) is 0 Å². The maximum absolute atomic E-state index is 13.8. The highest BCUT2D eigenvalue weighted by molar-refractivity contribution is 9.10. The Morgan fingerprint density at radius 2 is 1.87 bits per heavy atom. The van der Waals surface area contributed by atoms with Crippen LogP contribution in [0.2, 0.25) is 0 Å². The van der Waals surface area contributed by atoms with Crippen molar-refractivity contribution < 1.29 is 23.5 Å². The van der Waals surface area contributed by atoms with Crippen LogP contribution < -0.4 is 15.4 Å². The average Bonchev–Trinajstić information content (AvgIpc) is 3.05. The predicted octanol–water partition coefficient (Wildman–Crippen LogP) is 5.08. The van der Waals surface area contributed by atoms with E-state index in [0.29, 0.717) is 15.1 Å². The average molecular weight is 501 g/mol. The van der Waals surface area contributed by atoms with Gasteiger partial charge in [0.25, 0.3) is 17.1 Å². The largest absolute Gasteiger partial charge is 0.484 e.